The summed E-state index contributed by atoms with van der Waals surface area (Å²) in [5.41, 5.74) is 1.03. The van der Waals surface area contributed by atoms with Crippen LogP contribution in [0.4, 0.5) is 8.78 Å². The molecular weight excluding hydrogens is 252 g/mol. The second-order valence-corrected chi connectivity index (χ2v) is 4.49. The van der Waals surface area contributed by atoms with Crippen LogP contribution in [0.25, 0.3) is 6.08 Å². The number of hydrogen-bond donors (Lipinski definition) is 0. The standard InChI is InChI=1S/C14H15F2NO2/c1-3-10-8-11(4-5-12(10)19-2)13(18)17-7-6-14(15,16)9-17/h3-5,8H,1,6-7,9H2,2H3. The van der Waals surface area contributed by atoms with E-state index in [2.05, 4.69) is 6.58 Å². The number of carbonyl (C=O) groups excluding carboxylic acids is 1. The molecule has 1 fully saturated rings. The molecule has 0 N–H and O–H groups in total. The van der Waals surface area contributed by atoms with Gasteiger partial charge < -0.3 is 9.64 Å². The van der Waals surface area contributed by atoms with Crippen LogP contribution < -0.4 is 4.74 Å². The van der Waals surface area contributed by atoms with E-state index in [0.717, 1.165) is 0 Å². The molecule has 3 nitrogen and oxygen atoms in total. The van der Waals surface area contributed by atoms with E-state index in [1.165, 1.54) is 12.0 Å². The molecule has 1 heterocycles. The van der Waals surface area contributed by atoms with Gasteiger partial charge in [-0.1, -0.05) is 12.7 Å². The Hall–Kier alpha value is -1.91. The lowest BCUT2D eigenvalue weighted by Gasteiger charge is -2.17. The zero-order valence-electron chi connectivity index (χ0n) is 10.7. The van der Waals surface area contributed by atoms with Crippen molar-refractivity contribution in [3.05, 3.63) is 35.9 Å². The van der Waals surface area contributed by atoms with Gasteiger partial charge in [-0.2, -0.15) is 0 Å². The van der Waals surface area contributed by atoms with Crippen LogP contribution >= 0.6 is 0 Å². The van der Waals surface area contributed by atoms with Gasteiger partial charge >= 0.3 is 0 Å². The van der Waals surface area contributed by atoms with Crippen molar-refractivity contribution in [1.82, 2.24) is 4.90 Å². The Kier molecular flexibility index (Phi) is 3.55. The molecule has 0 spiro atoms. The SMILES string of the molecule is C=Cc1cc(C(=O)N2CCC(F)(F)C2)ccc1OC. The quantitative estimate of drug-likeness (QED) is 0.842. The minimum atomic E-state index is -2.77. The van der Waals surface area contributed by atoms with Crippen molar-refractivity contribution in [2.45, 2.75) is 12.3 Å². The lowest BCUT2D eigenvalue weighted by Crippen LogP contribution is -2.31. The smallest absolute Gasteiger partial charge is 0.267 e. The van der Waals surface area contributed by atoms with E-state index < -0.39 is 12.5 Å². The van der Waals surface area contributed by atoms with Gasteiger partial charge in [0.05, 0.1) is 13.7 Å². The van der Waals surface area contributed by atoms with Crippen molar-refractivity contribution in [1.29, 1.82) is 0 Å². The highest BCUT2D eigenvalue weighted by Crippen LogP contribution is 2.29. The highest BCUT2D eigenvalue weighted by atomic mass is 19.3. The summed E-state index contributed by atoms with van der Waals surface area (Å²) in [6, 6.07) is 4.81. The Labute approximate surface area is 110 Å². The summed E-state index contributed by atoms with van der Waals surface area (Å²) >= 11 is 0. The number of ether oxygens (including phenoxy) is 1. The van der Waals surface area contributed by atoms with Gasteiger partial charge in [0.1, 0.15) is 5.75 Å². The number of amides is 1. The van der Waals surface area contributed by atoms with Gasteiger partial charge in [-0.25, -0.2) is 8.78 Å². The van der Waals surface area contributed by atoms with Crippen LogP contribution in [0.3, 0.4) is 0 Å². The highest BCUT2D eigenvalue weighted by Gasteiger charge is 2.40. The summed E-state index contributed by atoms with van der Waals surface area (Å²) in [6.45, 7) is 3.21. The first-order chi connectivity index (χ1) is 8.96. The van der Waals surface area contributed by atoms with Crippen LogP contribution in [0.2, 0.25) is 0 Å². The topological polar surface area (TPSA) is 29.5 Å². The molecule has 0 aliphatic carbocycles. The monoisotopic (exact) mass is 267 g/mol. The Morgan fingerprint density at radius 1 is 1.53 bits per heavy atom. The third kappa shape index (κ3) is 2.75. The summed E-state index contributed by atoms with van der Waals surface area (Å²) in [5, 5.41) is 0. The van der Waals surface area contributed by atoms with Gasteiger partial charge in [-0.15, -0.1) is 0 Å². The van der Waals surface area contributed by atoms with Crippen LogP contribution in [-0.4, -0.2) is 36.9 Å². The molecule has 1 aromatic rings. The number of halogens is 2. The largest absolute Gasteiger partial charge is 0.496 e. The van der Waals surface area contributed by atoms with Crippen molar-refractivity contribution in [2.75, 3.05) is 20.2 Å². The first-order valence-corrected chi connectivity index (χ1v) is 5.94. The molecule has 5 heteroatoms. The molecule has 102 valence electrons. The Morgan fingerprint density at radius 2 is 2.26 bits per heavy atom. The summed E-state index contributed by atoms with van der Waals surface area (Å²) in [6.07, 6.45) is 1.29. The average Bonchev–Trinajstić information content (AvgIpc) is 2.77. The van der Waals surface area contributed by atoms with Crippen LogP contribution in [0.15, 0.2) is 24.8 Å². The second kappa shape index (κ2) is 4.99. The number of rotatable bonds is 3. The van der Waals surface area contributed by atoms with Crippen LogP contribution in [0, 0.1) is 0 Å². The van der Waals surface area contributed by atoms with Gasteiger partial charge in [0, 0.05) is 24.1 Å². The maximum atomic E-state index is 13.1. The van der Waals surface area contributed by atoms with Crippen molar-refractivity contribution < 1.29 is 18.3 Å². The predicted molar refractivity (Wildman–Crippen MR) is 68.6 cm³/mol. The number of alkyl halides is 2. The molecular formula is C14H15F2NO2. The molecule has 1 aliphatic heterocycles. The Balaban J connectivity index is 2.23. The molecule has 0 aromatic heterocycles. The predicted octanol–water partition coefficient (Wildman–Crippen LogP) is 2.82. The fraction of sp³-hybridized carbons (Fsp3) is 0.357. The minimum Gasteiger partial charge on any atom is -0.496 e. The molecule has 1 saturated heterocycles. The van der Waals surface area contributed by atoms with E-state index in [-0.39, 0.29) is 18.9 Å². The van der Waals surface area contributed by atoms with Crippen LogP contribution in [-0.2, 0) is 0 Å². The lowest BCUT2D eigenvalue weighted by atomic mass is 10.1. The lowest BCUT2D eigenvalue weighted by molar-refractivity contribution is 0.0120. The summed E-state index contributed by atoms with van der Waals surface area (Å²) in [4.78, 5) is 13.3. The minimum absolute atomic E-state index is 0.0846. The molecule has 1 amide bonds. The van der Waals surface area contributed by atoms with Crippen LogP contribution in [0.5, 0.6) is 5.75 Å². The Morgan fingerprint density at radius 3 is 2.79 bits per heavy atom. The number of carbonyl (C=O) groups is 1. The highest BCUT2D eigenvalue weighted by molar-refractivity contribution is 5.95. The van der Waals surface area contributed by atoms with E-state index in [1.54, 1.807) is 24.3 Å². The van der Waals surface area contributed by atoms with Gasteiger partial charge in [0.2, 0.25) is 0 Å². The molecule has 19 heavy (non-hydrogen) atoms. The van der Waals surface area contributed by atoms with E-state index in [9.17, 15) is 13.6 Å². The normalized spacial score (nSPS) is 17.3. The van der Waals surface area contributed by atoms with Gasteiger partial charge in [-0.05, 0) is 18.2 Å². The molecule has 0 bridgehead atoms. The molecule has 0 atom stereocenters. The number of benzene rings is 1. The zero-order valence-corrected chi connectivity index (χ0v) is 10.7. The van der Waals surface area contributed by atoms with Crippen molar-refractivity contribution in [3.8, 4) is 5.75 Å². The summed E-state index contributed by atoms with van der Waals surface area (Å²) in [7, 11) is 1.52. The molecule has 1 aliphatic rings. The van der Waals surface area contributed by atoms with Gasteiger partial charge in [0.15, 0.2) is 0 Å². The number of nitrogens with zero attached hydrogens (tertiary/aromatic N) is 1. The van der Waals surface area contributed by atoms with Crippen molar-refractivity contribution >= 4 is 12.0 Å². The third-order valence-electron chi connectivity index (χ3n) is 3.15. The van der Waals surface area contributed by atoms with E-state index in [4.69, 9.17) is 4.74 Å². The number of likely N-dealkylation sites (tertiary alicyclic amines) is 1. The molecule has 0 unspecified atom stereocenters. The van der Waals surface area contributed by atoms with E-state index >= 15 is 0 Å². The molecule has 0 radical (unpaired) electrons. The van der Waals surface area contributed by atoms with Crippen LogP contribution in [0.1, 0.15) is 22.3 Å². The van der Waals surface area contributed by atoms with Crippen molar-refractivity contribution in [3.63, 3.8) is 0 Å². The van der Waals surface area contributed by atoms with E-state index in [0.29, 0.717) is 16.9 Å². The first kappa shape index (κ1) is 13.5. The maximum absolute atomic E-state index is 13.1. The first-order valence-electron chi connectivity index (χ1n) is 5.94. The van der Waals surface area contributed by atoms with E-state index in [1.807, 2.05) is 0 Å². The molecule has 2 rings (SSSR count). The van der Waals surface area contributed by atoms with Gasteiger partial charge in [-0.3, -0.25) is 4.79 Å². The third-order valence-corrected chi connectivity index (χ3v) is 3.15. The fourth-order valence-corrected chi connectivity index (χ4v) is 2.12. The zero-order chi connectivity index (χ0) is 14.0. The summed E-state index contributed by atoms with van der Waals surface area (Å²) in [5.74, 6) is -2.56. The molecule has 0 saturated carbocycles. The van der Waals surface area contributed by atoms with Gasteiger partial charge in [0.25, 0.3) is 11.8 Å². The number of hydrogen-bond acceptors (Lipinski definition) is 2. The fourth-order valence-electron chi connectivity index (χ4n) is 2.12. The maximum Gasteiger partial charge on any atom is 0.267 e. The van der Waals surface area contributed by atoms with Crippen molar-refractivity contribution in [2.24, 2.45) is 0 Å². The summed E-state index contributed by atoms with van der Waals surface area (Å²) < 4.78 is 31.3. The second-order valence-electron chi connectivity index (χ2n) is 4.49. The Bertz CT molecular complexity index is 514. The number of methoxy groups -OCH3 is 1. The average molecular weight is 267 g/mol. The molecule has 1 aromatic carbocycles.